The summed E-state index contributed by atoms with van der Waals surface area (Å²) in [7, 11) is 0. The molecule has 0 saturated carbocycles. The summed E-state index contributed by atoms with van der Waals surface area (Å²) in [6.45, 7) is 2.46. The molecule has 2 saturated heterocycles. The quantitative estimate of drug-likeness (QED) is 0.819. The van der Waals surface area contributed by atoms with Crippen molar-refractivity contribution in [3.63, 3.8) is 0 Å². The SMILES string of the molecule is O=C(c1c(F)cccc1Cl)N1CCCN(C(=O)C2CCCO2)CC1. The number of hydrogen-bond donors (Lipinski definition) is 0. The highest BCUT2D eigenvalue weighted by molar-refractivity contribution is 6.33. The minimum atomic E-state index is -0.621. The number of nitrogens with zero attached hydrogens (tertiary/aromatic N) is 2. The van der Waals surface area contributed by atoms with Crippen LogP contribution in [0.2, 0.25) is 5.02 Å². The highest BCUT2D eigenvalue weighted by atomic mass is 35.5. The first kappa shape index (κ1) is 17.2. The molecule has 1 unspecified atom stereocenters. The largest absolute Gasteiger partial charge is 0.368 e. The van der Waals surface area contributed by atoms with Crippen molar-refractivity contribution in [1.29, 1.82) is 0 Å². The van der Waals surface area contributed by atoms with Crippen LogP contribution in [0.3, 0.4) is 0 Å². The smallest absolute Gasteiger partial charge is 0.258 e. The molecule has 1 atom stereocenters. The van der Waals surface area contributed by atoms with Gasteiger partial charge in [0.05, 0.1) is 10.6 Å². The summed E-state index contributed by atoms with van der Waals surface area (Å²) in [4.78, 5) is 28.3. The van der Waals surface area contributed by atoms with Crippen molar-refractivity contribution < 1.29 is 18.7 Å². The van der Waals surface area contributed by atoms with Crippen LogP contribution >= 0.6 is 11.6 Å². The van der Waals surface area contributed by atoms with Crippen molar-refractivity contribution in [3.8, 4) is 0 Å². The molecule has 130 valence electrons. The highest BCUT2D eigenvalue weighted by Gasteiger charge is 2.31. The summed E-state index contributed by atoms with van der Waals surface area (Å²) in [5.74, 6) is -1.06. The lowest BCUT2D eigenvalue weighted by Gasteiger charge is -2.24. The molecule has 2 aliphatic heterocycles. The number of ether oxygens (including phenoxy) is 1. The van der Waals surface area contributed by atoms with E-state index in [0.717, 1.165) is 12.8 Å². The van der Waals surface area contributed by atoms with Gasteiger partial charge in [-0.15, -0.1) is 0 Å². The standard InChI is InChI=1S/C17H20ClFN2O3/c18-12-4-1-5-13(19)15(12)17(23)21-8-3-7-20(9-10-21)16(22)14-6-2-11-24-14/h1,4-5,14H,2-3,6-11H2. The Morgan fingerprint density at radius 1 is 1.12 bits per heavy atom. The maximum Gasteiger partial charge on any atom is 0.258 e. The summed E-state index contributed by atoms with van der Waals surface area (Å²) in [5, 5.41) is 0.108. The Hall–Kier alpha value is -1.66. The van der Waals surface area contributed by atoms with Gasteiger partial charge in [-0.05, 0) is 31.4 Å². The van der Waals surface area contributed by atoms with Gasteiger partial charge in [-0.2, -0.15) is 0 Å². The first-order valence-corrected chi connectivity index (χ1v) is 8.59. The third-order valence-electron chi connectivity index (χ3n) is 4.48. The van der Waals surface area contributed by atoms with E-state index in [1.807, 2.05) is 0 Å². The Balaban J connectivity index is 1.67. The number of carbonyl (C=O) groups excluding carboxylic acids is 2. The van der Waals surface area contributed by atoms with E-state index in [0.29, 0.717) is 39.2 Å². The Kier molecular flexibility index (Phi) is 5.36. The van der Waals surface area contributed by atoms with E-state index in [4.69, 9.17) is 16.3 Å². The molecule has 0 radical (unpaired) electrons. The van der Waals surface area contributed by atoms with Crippen molar-refractivity contribution in [2.24, 2.45) is 0 Å². The molecule has 1 aromatic rings. The molecule has 0 spiro atoms. The highest BCUT2D eigenvalue weighted by Crippen LogP contribution is 2.22. The molecule has 5 nitrogen and oxygen atoms in total. The third kappa shape index (κ3) is 3.54. The van der Waals surface area contributed by atoms with E-state index in [1.165, 1.54) is 18.2 Å². The molecule has 0 aliphatic carbocycles. The van der Waals surface area contributed by atoms with Gasteiger partial charge in [-0.1, -0.05) is 17.7 Å². The second kappa shape index (κ2) is 7.49. The second-order valence-corrected chi connectivity index (χ2v) is 6.48. The Labute approximate surface area is 145 Å². The monoisotopic (exact) mass is 354 g/mol. The zero-order valence-electron chi connectivity index (χ0n) is 13.3. The van der Waals surface area contributed by atoms with Gasteiger partial charge in [-0.25, -0.2) is 4.39 Å². The van der Waals surface area contributed by atoms with Crippen LogP contribution in [0.5, 0.6) is 0 Å². The van der Waals surface area contributed by atoms with Crippen LogP contribution in [0.25, 0.3) is 0 Å². The number of halogens is 2. The van der Waals surface area contributed by atoms with Crippen LogP contribution in [0.4, 0.5) is 4.39 Å². The van der Waals surface area contributed by atoms with Gasteiger partial charge in [0.15, 0.2) is 0 Å². The molecule has 2 heterocycles. The van der Waals surface area contributed by atoms with Gasteiger partial charge in [0.1, 0.15) is 11.9 Å². The molecule has 24 heavy (non-hydrogen) atoms. The van der Waals surface area contributed by atoms with E-state index >= 15 is 0 Å². The average Bonchev–Trinajstić information content (AvgIpc) is 2.98. The molecule has 7 heteroatoms. The van der Waals surface area contributed by atoms with Crippen LogP contribution in [-0.4, -0.2) is 60.5 Å². The molecule has 2 amide bonds. The predicted octanol–water partition coefficient (Wildman–Crippen LogP) is 2.33. The number of hydrogen-bond acceptors (Lipinski definition) is 3. The van der Waals surface area contributed by atoms with Crippen LogP contribution in [-0.2, 0) is 9.53 Å². The molecule has 0 aromatic heterocycles. The maximum atomic E-state index is 14.0. The fourth-order valence-corrected chi connectivity index (χ4v) is 3.42. The molecule has 2 aliphatic rings. The van der Waals surface area contributed by atoms with Gasteiger partial charge in [0.2, 0.25) is 0 Å². The summed E-state index contributed by atoms with van der Waals surface area (Å²) >= 11 is 5.98. The van der Waals surface area contributed by atoms with Gasteiger partial charge in [0, 0.05) is 32.8 Å². The second-order valence-electron chi connectivity index (χ2n) is 6.07. The normalized spacial score (nSPS) is 21.7. The van der Waals surface area contributed by atoms with Gasteiger partial charge in [-0.3, -0.25) is 9.59 Å². The fourth-order valence-electron chi connectivity index (χ4n) is 3.18. The Morgan fingerprint density at radius 2 is 1.88 bits per heavy atom. The van der Waals surface area contributed by atoms with Crippen molar-refractivity contribution >= 4 is 23.4 Å². The zero-order chi connectivity index (χ0) is 17.1. The number of rotatable bonds is 2. The summed E-state index contributed by atoms with van der Waals surface area (Å²) in [5.41, 5.74) is -0.0990. The van der Waals surface area contributed by atoms with Crippen LogP contribution in [0.15, 0.2) is 18.2 Å². The molecule has 2 fully saturated rings. The third-order valence-corrected chi connectivity index (χ3v) is 4.79. The van der Waals surface area contributed by atoms with Gasteiger partial charge >= 0.3 is 0 Å². The Morgan fingerprint density at radius 3 is 2.58 bits per heavy atom. The van der Waals surface area contributed by atoms with E-state index in [-0.39, 0.29) is 22.6 Å². The van der Waals surface area contributed by atoms with E-state index in [9.17, 15) is 14.0 Å². The average molecular weight is 355 g/mol. The van der Waals surface area contributed by atoms with Crippen molar-refractivity contribution in [3.05, 3.63) is 34.6 Å². The van der Waals surface area contributed by atoms with Crippen LogP contribution in [0.1, 0.15) is 29.6 Å². The fraction of sp³-hybridized carbons (Fsp3) is 0.529. The maximum absolute atomic E-state index is 14.0. The molecule has 0 N–H and O–H groups in total. The summed E-state index contributed by atoms with van der Waals surface area (Å²) in [6, 6.07) is 4.20. The lowest BCUT2D eigenvalue weighted by molar-refractivity contribution is -0.140. The van der Waals surface area contributed by atoms with Crippen molar-refractivity contribution in [1.82, 2.24) is 9.80 Å². The van der Waals surface area contributed by atoms with Crippen LogP contribution in [0, 0.1) is 5.82 Å². The minimum Gasteiger partial charge on any atom is -0.368 e. The first-order chi connectivity index (χ1) is 11.6. The topological polar surface area (TPSA) is 49.9 Å². The molecular weight excluding hydrogens is 335 g/mol. The van der Waals surface area contributed by atoms with E-state index in [2.05, 4.69) is 0 Å². The van der Waals surface area contributed by atoms with Gasteiger partial charge < -0.3 is 14.5 Å². The summed E-state index contributed by atoms with van der Waals surface area (Å²) < 4.78 is 19.4. The Bertz CT molecular complexity index is 614. The zero-order valence-corrected chi connectivity index (χ0v) is 14.1. The van der Waals surface area contributed by atoms with Gasteiger partial charge in [0.25, 0.3) is 11.8 Å². The van der Waals surface area contributed by atoms with Crippen molar-refractivity contribution in [2.45, 2.75) is 25.4 Å². The molecule has 0 bridgehead atoms. The molecule has 1 aromatic carbocycles. The van der Waals surface area contributed by atoms with Crippen molar-refractivity contribution in [2.75, 3.05) is 32.8 Å². The first-order valence-electron chi connectivity index (χ1n) is 8.21. The predicted molar refractivity (Wildman–Crippen MR) is 87.5 cm³/mol. The molecular formula is C17H20ClFN2O3. The number of amides is 2. The summed E-state index contributed by atoms with van der Waals surface area (Å²) in [6.07, 6.45) is 1.95. The lowest BCUT2D eigenvalue weighted by Crippen LogP contribution is -2.42. The van der Waals surface area contributed by atoms with Crippen LogP contribution < -0.4 is 0 Å². The van der Waals surface area contributed by atoms with E-state index in [1.54, 1.807) is 9.80 Å². The molecule has 3 rings (SSSR count). The number of carbonyl (C=O) groups is 2. The minimum absolute atomic E-state index is 0.00859. The number of benzene rings is 1. The lowest BCUT2D eigenvalue weighted by atomic mass is 10.1. The van der Waals surface area contributed by atoms with E-state index < -0.39 is 11.7 Å².